The lowest BCUT2D eigenvalue weighted by molar-refractivity contribution is 0.0145. The molecule has 3 heterocycles. The molecular formula is C21H31ClN6O2. The van der Waals surface area contributed by atoms with Crippen molar-refractivity contribution in [2.75, 3.05) is 64.9 Å². The molecule has 0 aromatic heterocycles. The van der Waals surface area contributed by atoms with E-state index in [2.05, 4.69) is 20.1 Å². The van der Waals surface area contributed by atoms with Crippen molar-refractivity contribution >= 4 is 28.2 Å². The Bertz CT molecular complexity index is 790. The van der Waals surface area contributed by atoms with Crippen LogP contribution in [0.15, 0.2) is 29.3 Å². The number of halogens is 1. The SMILES string of the molecule is Nc1cc(C2=CC(Cl)=NC(N3CCOCC3)N2)ccc1C(N)CCN1CCOCC1. The van der Waals surface area contributed by atoms with Crippen LogP contribution in [-0.4, -0.2) is 80.4 Å². The van der Waals surface area contributed by atoms with Crippen LogP contribution in [0.3, 0.4) is 0 Å². The number of allylic oxidation sites excluding steroid dienone is 1. The van der Waals surface area contributed by atoms with E-state index in [1.165, 1.54) is 0 Å². The minimum atomic E-state index is -0.196. The van der Waals surface area contributed by atoms with Crippen LogP contribution in [-0.2, 0) is 9.47 Å². The van der Waals surface area contributed by atoms with Crippen LogP contribution in [0, 0.1) is 0 Å². The number of aliphatic imine (C=N–C) groups is 1. The molecular weight excluding hydrogens is 404 g/mol. The molecule has 8 nitrogen and oxygen atoms in total. The van der Waals surface area contributed by atoms with Gasteiger partial charge in [-0.3, -0.25) is 9.80 Å². The van der Waals surface area contributed by atoms with Gasteiger partial charge in [0.1, 0.15) is 5.17 Å². The molecule has 0 spiro atoms. The third-order valence-electron chi connectivity index (χ3n) is 5.84. The molecule has 0 radical (unpaired) electrons. The number of ether oxygens (including phenoxy) is 2. The maximum atomic E-state index is 6.46. The fourth-order valence-electron chi connectivity index (χ4n) is 4.03. The highest BCUT2D eigenvalue weighted by Gasteiger charge is 2.24. The molecule has 3 aliphatic heterocycles. The maximum Gasteiger partial charge on any atom is 0.178 e. The molecule has 2 unspecified atom stereocenters. The summed E-state index contributed by atoms with van der Waals surface area (Å²) in [6.45, 7) is 7.52. The number of anilines is 1. The van der Waals surface area contributed by atoms with E-state index < -0.39 is 0 Å². The van der Waals surface area contributed by atoms with Gasteiger partial charge >= 0.3 is 0 Å². The van der Waals surface area contributed by atoms with E-state index in [1.54, 1.807) is 0 Å². The van der Waals surface area contributed by atoms with Gasteiger partial charge in [-0.05, 0) is 29.7 Å². The Kier molecular flexibility index (Phi) is 7.24. The highest BCUT2D eigenvalue weighted by Crippen LogP contribution is 2.27. The van der Waals surface area contributed by atoms with Crippen molar-refractivity contribution in [2.45, 2.75) is 18.8 Å². The number of hydrogen-bond acceptors (Lipinski definition) is 8. The predicted octanol–water partition coefficient (Wildman–Crippen LogP) is 1.19. The quantitative estimate of drug-likeness (QED) is 0.578. The zero-order valence-corrected chi connectivity index (χ0v) is 18.0. The molecule has 0 saturated carbocycles. The van der Waals surface area contributed by atoms with Gasteiger partial charge in [-0.1, -0.05) is 23.7 Å². The third-order valence-corrected chi connectivity index (χ3v) is 6.05. The third kappa shape index (κ3) is 5.32. The van der Waals surface area contributed by atoms with Gasteiger partial charge in [-0.15, -0.1) is 0 Å². The van der Waals surface area contributed by atoms with Crippen molar-refractivity contribution in [2.24, 2.45) is 10.7 Å². The number of morpholine rings is 2. The molecule has 164 valence electrons. The average Bonchev–Trinajstić information content (AvgIpc) is 2.78. The molecule has 2 fully saturated rings. The maximum absolute atomic E-state index is 6.46. The van der Waals surface area contributed by atoms with Crippen molar-refractivity contribution in [3.8, 4) is 0 Å². The van der Waals surface area contributed by atoms with E-state index >= 15 is 0 Å². The first kappa shape index (κ1) is 21.5. The smallest absolute Gasteiger partial charge is 0.178 e. The van der Waals surface area contributed by atoms with E-state index in [-0.39, 0.29) is 12.3 Å². The number of nitrogens with one attached hydrogen (secondary N) is 1. The number of rotatable bonds is 6. The van der Waals surface area contributed by atoms with E-state index in [0.29, 0.717) is 24.1 Å². The lowest BCUT2D eigenvalue weighted by Gasteiger charge is -2.35. The predicted molar refractivity (Wildman–Crippen MR) is 120 cm³/mol. The van der Waals surface area contributed by atoms with Crippen molar-refractivity contribution in [3.63, 3.8) is 0 Å². The molecule has 2 saturated heterocycles. The number of benzene rings is 1. The average molecular weight is 435 g/mol. The minimum Gasteiger partial charge on any atom is -0.398 e. The second kappa shape index (κ2) is 10.1. The van der Waals surface area contributed by atoms with E-state index in [1.807, 2.05) is 24.3 Å². The van der Waals surface area contributed by atoms with E-state index in [9.17, 15) is 0 Å². The number of hydrogen-bond donors (Lipinski definition) is 3. The van der Waals surface area contributed by atoms with Crippen molar-refractivity contribution in [1.29, 1.82) is 0 Å². The van der Waals surface area contributed by atoms with Gasteiger partial charge in [-0.2, -0.15) is 0 Å². The molecule has 1 aromatic rings. The first-order valence-corrected chi connectivity index (χ1v) is 11.0. The van der Waals surface area contributed by atoms with Crippen LogP contribution in [0.1, 0.15) is 23.6 Å². The Morgan fingerprint density at radius 2 is 1.83 bits per heavy atom. The molecule has 3 aliphatic rings. The van der Waals surface area contributed by atoms with Gasteiger partial charge in [-0.25, -0.2) is 4.99 Å². The lowest BCUT2D eigenvalue weighted by Crippen LogP contribution is -2.50. The summed E-state index contributed by atoms with van der Waals surface area (Å²) in [7, 11) is 0. The summed E-state index contributed by atoms with van der Waals surface area (Å²) >= 11 is 6.32. The van der Waals surface area contributed by atoms with Gasteiger partial charge in [0.2, 0.25) is 0 Å². The molecule has 30 heavy (non-hydrogen) atoms. The zero-order chi connectivity index (χ0) is 20.9. The Labute approximate surface area is 182 Å². The number of nitrogen functional groups attached to an aromatic ring is 1. The summed E-state index contributed by atoms with van der Waals surface area (Å²) in [5.41, 5.74) is 16.4. The van der Waals surface area contributed by atoms with Crippen molar-refractivity contribution < 1.29 is 9.47 Å². The number of nitrogens with zero attached hydrogens (tertiary/aromatic N) is 3. The van der Waals surface area contributed by atoms with E-state index in [4.69, 9.17) is 32.5 Å². The van der Waals surface area contributed by atoms with Gasteiger partial charge in [0.25, 0.3) is 0 Å². The molecule has 9 heteroatoms. The number of nitrogens with two attached hydrogens (primary N) is 2. The van der Waals surface area contributed by atoms with Crippen molar-refractivity contribution in [3.05, 3.63) is 35.4 Å². The summed E-state index contributed by atoms with van der Waals surface area (Å²) < 4.78 is 10.8. The lowest BCUT2D eigenvalue weighted by atomic mass is 9.99. The summed E-state index contributed by atoms with van der Waals surface area (Å²) in [5.74, 6) is 0. The molecule has 4 rings (SSSR count). The summed E-state index contributed by atoms with van der Waals surface area (Å²) in [4.78, 5) is 9.13. The topological polar surface area (TPSA) is 101 Å². The monoisotopic (exact) mass is 434 g/mol. The van der Waals surface area contributed by atoms with Crippen LogP contribution >= 0.6 is 11.6 Å². The van der Waals surface area contributed by atoms with Crippen LogP contribution in [0.25, 0.3) is 5.70 Å². The van der Waals surface area contributed by atoms with Gasteiger partial charge < -0.3 is 26.3 Å². The summed E-state index contributed by atoms with van der Waals surface area (Å²) in [6.07, 6.45) is 2.51. The van der Waals surface area contributed by atoms with Crippen LogP contribution in [0.5, 0.6) is 0 Å². The van der Waals surface area contributed by atoms with Gasteiger partial charge in [0.15, 0.2) is 6.29 Å². The molecule has 0 amide bonds. The van der Waals surface area contributed by atoms with E-state index in [0.717, 1.165) is 69.2 Å². The largest absolute Gasteiger partial charge is 0.398 e. The molecule has 0 aliphatic carbocycles. The Morgan fingerprint density at radius 1 is 1.13 bits per heavy atom. The molecule has 5 N–H and O–H groups in total. The highest BCUT2D eigenvalue weighted by atomic mass is 35.5. The van der Waals surface area contributed by atoms with Gasteiger partial charge in [0.05, 0.1) is 26.4 Å². The molecule has 1 aromatic carbocycles. The zero-order valence-electron chi connectivity index (χ0n) is 17.2. The first-order chi connectivity index (χ1) is 14.6. The van der Waals surface area contributed by atoms with Crippen LogP contribution < -0.4 is 16.8 Å². The second-order valence-corrected chi connectivity index (χ2v) is 8.26. The fraction of sp³-hybridized carbons (Fsp3) is 0.571. The second-order valence-electron chi connectivity index (χ2n) is 7.87. The Balaban J connectivity index is 1.41. The normalized spacial score (nSPS) is 24.7. The fourth-order valence-corrected chi connectivity index (χ4v) is 4.23. The summed E-state index contributed by atoms with van der Waals surface area (Å²) in [6, 6.07) is 5.95. The Morgan fingerprint density at radius 3 is 2.53 bits per heavy atom. The van der Waals surface area contributed by atoms with Gasteiger partial charge in [0, 0.05) is 50.2 Å². The standard InChI is InChI=1S/C21H31ClN6O2/c22-20-14-19(25-21(26-20)28-7-11-30-12-8-28)15-1-2-16(18(24)13-15)17(23)3-4-27-5-9-29-10-6-27/h1-2,13-14,17,21,25H,3-12,23-24H2. The summed E-state index contributed by atoms with van der Waals surface area (Å²) in [5, 5.41) is 3.95. The minimum absolute atomic E-state index is 0.0959. The van der Waals surface area contributed by atoms with Crippen LogP contribution in [0.4, 0.5) is 5.69 Å². The highest BCUT2D eigenvalue weighted by molar-refractivity contribution is 6.69. The molecule has 2 atom stereocenters. The Hall–Kier alpha value is -1.68. The first-order valence-electron chi connectivity index (χ1n) is 10.6. The molecule has 0 bridgehead atoms. The van der Waals surface area contributed by atoms with Crippen molar-refractivity contribution in [1.82, 2.24) is 15.1 Å². The van der Waals surface area contributed by atoms with Crippen LogP contribution in [0.2, 0.25) is 0 Å².